The second kappa shape index (κ2) is 5.74. The molecule has 1 aromatic rings. The number of hydrogen-bond donors (Lipinski definition) is 1. The smallest absolute Gasteiger partial charge is 0.418 e. The Morgan fingerprint density at radius 2 is 1.87 bits per heavy atom. The summed E-state index contributed by atoms with van der Waals surface area (Å²) in [6.45, 7) is 4.74. The summed E-state index contributed by atoms with van der Waals surface area (Å²) in [4.78, 5) is 0. The van der Waals surface area contributed by atoms with Crippen molar-refractivity contribution in [3.8, 4) is 0 Å². The second-order valence-electron chi connectivity index (χ2n) is 2.82. The van der Waals surface area contributed by atoms with E-state index in [1.54, 1.807) is 11.5 Å². The van der Waals surface area contributed by atoms with Gasteiger partial charge in [0.2, 0.25) is 6.33 Å². The summed E-state index contributed by atoms with van der Waals surface area (Å²) in [5, 5.41) is 9.08. The molecule has 0 aliphatic heterocycles. The maximum atomic E-state index is 9.75. The third kappa shape index (κ3) is 7.98. The zero-order valence-electron chi connectivity index (χ0n) is 8.45. The van der Waals surface area contributed by atoms with Crippen LogP contribution in [0, 0.1) is 0 Å². The first kappa shape index (κ1) is 14.0. The van der Waals surface area contributed by atoms with Gasteiger partial charge in [-0.15, -0.1) is 0 Å². The molecule has 0 fully saturated rings. The SMILES string of the molecule is CC[n+]1ccn(C(C)O)c1.F[B-](F)(F)F. The fraction of sp³-hybridized carbons (Fsp3) is 0.571. The van der Waals surface area contributed by atoms with Crippen molar-refractivity contribution in [1.82, 2.24) is 4.57 Å². The lowest BCUT2D eigenvalue weighted by atomic mass is 10.3. The van der Waals surface area contributed by atoms with Crippen LogP contribution in [-0.4, -0.2) is 16.9 Å². The molecule has 15 heavy (non-hydrogen) atoms. The molecule has 0 saturated heterocycles. The molecule has 0 saturated carbocycles. The maximum Gasteiger partial charge on any atom is 0.673 e. The van der Waals surface area contributed by atoms with Crippen LogP contribution in [0.1, 0.15) is 20.1 Å². The van der Waals surface area contributed by atoms with E-state index in [4.69, 9.17) is 5.11 Å². The van der Waals surface area contributed by atoms with Crippen LogP contribution in [0.15, 0.2) is 18.7 Å². The molecular weight excluding hydrogens is 215 g/mol. The van der Waals surface area contributed by atoms with Gasteiger partial charge in [0, 0.05) is 6.92 Å². The molecule has 8 heteroatoms. The quantitative estimate of drug-likeness (QED) is 0.465. The lowest BCUT2D eigenvalue weighted by Gasteiger charge is -1.95. The molecule has 1 unspecified atom stereocenters. The van der Waals surface area contributed by atoms with E-state index >= 15 is 0 Å². The number of halogens is 4. The fourth-order valence-corrected chi connectivity index (χ4v) is 0.819. The number of nitrogens with zero attached hydrogens (tertiary/aromatic N) is 2. The number of hydrogen-bond acceptors (Lipinski definition) is 1. The van der Waals surface area contributed by atoms with Crippen LogP contribution in [0.4, 0.5) is 17.3 Å². The van der Waals surface area contributed by atoms with Crippen molar-refractivity contribution in [2.75, 3.05) is 0 Å². The maximum absolute atomic E-state index is 9.75. The molecule has 88 valence electrons. The van der Waals surface area contributed by atoms with Crippen molar-refractivity contribution in [2.45, 2.75) is 26.6 Å². The summed E-state index contributed by atoms with van der Waals surface area (Å²) < 4.78 is 42.8. The van der Waals surface area contributed by atoms with Gasteiger partial charge in [0.25, 0.3) is 0 Å². The van der Waals surface area contributed by atoms with Crippen molar-refractivity contribution in [3.05, 3.63) is 18.7 Å². The Labute approximate surface area is 85.1 Å². The van der Waals surface area contributed by atoms with E-state index in [1.165, 1.54) is 0 Å². The first-order chi connectivity index (χ1) is 6.74. The standard InChI is InChI=1S/C7H13N2O.BF4/c1-3-8-4-5-9(6-8)7(2)10;2-1(3,4)5/h4-7,10H,3H2,1-2H3;/q+1;-1. The molecule has 1 aromatic heterocycles. The Morgan fingerprint density at radius 1 is 1.40 bits per heavy atom. The molecule has 0 spiro atoms. The van der Waals surface area contributed by atoms with E-state index in [9.17, 15) is 17.3 Å². The highest BCUT2D eigenvalue weighted by atomic mass is 19.5. The summed E-state index contributed by atoms with van der Waals surface area (Å²) in [5.41, 5.74) is 0. The van der Waals surface area contributed by atoms with Gasteiger partial charge in [0.15, 0.2) is 6.23 Å². The average Bonchev–Trinajstić information content (AvgIpc) is 2.48. The minimum atomic E-state index is -6.00. The summed E-state index contributed by atoms with van der Waals surface area (Å²) in [7, 11) is -6.00. The second-order valence-corrected chi connectivity index (χ2v) is 2.82. The highest BCUT2D eigenvalue weighted by Crippen LogP contribution is 2.06. The van der Waals surface area contributed by atoms with E-state index < -0.39 is 13.5 Å². The molecule has 0 radical (unpaired) electrons. The van der Waals surface area contributed by atoms with Gasteiger partial charge >= 0.3 is 7.25 Å². The third-order valence-corrected chi connectivity index (χ3v) is 1.51. The summed E-state index contributed by atoms with van der Waals surface area (Å²) in [5.74, 6) is 0. The van der Waals surface area contributed by atoms with Crippen LogP contribution in [0.2, 0.25) is 0 Å². The van der Waals surface area contributed by atoms with Gasteiger partial charge in [-0.3, -0.25) is 0 Å². The van der Waals surface area contributed by atoms with Gasteiger partial charge in [0.05, 0.1) is 6.54 Å². The molecule has 1 atom stereocenters. The summed E-state index contributed by atoms with van der Waals surface area (Å²) in [6, 6.07) is 0. The van der Waals surface area contributed by atoms with Crippen molar-refractivity contribution < 1.29 is 26.9 Å². The number of aliphatic hydroxyl groups is 1. The highest BCUT2D eigenvalue weighted by molar-refractivity contribution is 6.50. The fourth-order valence-electron chi connectivity index (χ4n) is 0.819. The van der Waals surface area contributed by atoms with Gasteiger partial charge in [-0.1, -0.05) is 0 Å². The van der Waals surface area contributed by atoms with Crippen LogP contribution < -0.4 is 4.57 Å². The minimum Gasteiger partial charge on any atom is -0.418 e. The van der Waals surface area contributed by atoms with Crippen molar-refractivity contribution >= 4 is 7.25 Å². The molecule has 1 N–H and O–H groups in total. The number of aliphatic hydroxyl groups excluding tert-OH is 1. The molecule has 3 nitrogen and oxygen atoms in total. The largest absolute Gasteiger partial charge is 0.673 e. The molecule has 0 amide bonds. The Morgan fingerprint density at radius 3 is 2.07 bits per heavy atom. The van der Waals surface area contributed by atoms with E-state index in [0.29, 0.717) is 0 Å². The molecular formula is C7H13BF4N2O. The molecule has 0 aromatic carbocycles. The normalized spacial score (nSPS) is 13.0. The van der Waals surface area contributed by atoms with Crippen molar-refractivity contribution in [3.63, 3.8) is 0 Å². The van der Waals surface area contributed by atoms with Gasteiger partial charge in [-0.2, -0.15) is 0 Å². The summed E-state index contributed by atoms with van der Waals surface area (Å²) in [6.07, 6.45) is 5.25. The van der Waals surface area contributed by atoms with Gasteiger partial charge in [0.1, 0.15) is 12.4 Å². The van der Waals surface area contributed by atoms with E-state index in [-0.39, 0.29) is 0 Å². The Balaban J connectivity index is 0.000000336. The topological polar surface area (TPSA) is 29.0 Å². The van der Waals surface area contributed by atoms with Crippen molar-refractivity contribution in [1.29, 1.82) is 0 Å². The van der Waals surface area contributed by atoms with E-state index in [0.717, 1.165) is 6.54 Å². The zero-order chi connectivity index (χ0) is 12.1. The first-order valence-electron chi connectivity index (χ1n) is 4.36. The minimum absolute atomic E-state index is 0.423. The Hall–Kier alpha value is -1.05. The highest BCUT2D eigenvalue weighted by Gasteiger charge is 2.20. The number of aromatic nitrogens is 2. The van der Waals surface area contributed by atoms with E-state index in [2.05, 4.69) is 6.92 Å². The lowest BCUT2D eigenvalue weighted by Crippen LogP contribution is -2.29. The van der Waals surface area contributed by atoms with Crippen LogP contribution in [0.5, 0.6) is 0 Å². The predicted octanol–water partition coefficient (Wildman–Crippen LogP) is 1.61. The number of imidazole rings is 1. The van der Waals surface area contributed by atoms with Gasteiger partial charge in [-0.25, -0.2) is 9.13 Å². The van der Waals surface area contributed by atoms with Crippen LogP contribution >= 0.6 is 0 Å². The molecule has 0 bridgehead atoms. The molecule has 1 rings (SSSR count). The van der Waals surface area contributed by atoms with Crippen molar-refractivity contribution in [2.24, 2.45) is 0 Å². The summed E-state index contributed by atoms with van der Waals surface area (Å²) >= 11 is 0. The third-order valence-electron chi connectivity index (χ3n) is 1.51. The Bertz CT molecular complexity index is 281. The van der Waals surface area contributed by atoms with Gasteiger partial charge < -0.3 is 22.4 Å². The first-order valence-corrected chi connectivity index (χ1v) is 4.36. The molecule has 0 aliphatic carbocycles. The van der Waals surface area contributed by atoms with Gasteiger partial charge in [-0.05, 0) is 6.92 Å². The van der Waals surface area contributed by atoms with Crippen LogP contribution in [0.3, 0.4) is 0 Å². The number of aryl methyl sites for hydroxylation is 1. The van der Waals surface area contributed by atoms with Crippen LogP contribution in [0.25, 0.3) is 0 Å². The van der Waals surface area contributed by atoms with Crippen LogP contribution in [-0.2, 0) is 6.54 Å². The molecule has 1 heterocycles. The number of rotatable bonds is 2. The Kier molecular flexibility index (Phi) is 5.34. The monoisotopic (exact) mass is 228 g/mol. The zero-order valence-corrected chi connectivity index (χ0v) is 8.45. The lowest BCUT2D eigenvalue weighted by molar-refractivity contribution is -0.693. The molecule has 0 aliphatic rings. The predicted molar refractivity (Wildman–Crippen MR) is 47.4 cm³/mol. The average molecular weight is 228 g/mol. The van der Waals surface area contributed by atoms with E-state index in [1.807, 2.05) is 23.3 Å².